The average molecular weight is 393 g/mol. The molecule has 0 saturated heterocycles. The molecule has 0 radical (unpaired) electrons. The third-order valence-electron chi connectivity index (χ3n) is 4.08. The lowest BCUT2D eigenvalue weighted by atomic mass is 10.1. The van der Waals surface area contributed by atoms with Crippen LogP contribution in [-0.4, -0.2) is 41.2 Å². The van der Waals surface area contributed by atoms with E-state index in [-0.39, 0.29) is 12.3 Å². The number of carbonyl (C=O) groups is 1. The van der Waals surface area contributed by atoms with Gasteiger partial charge in [0, 0.05) is 17.5 Å². The minimum atomic E-state index is -4.75. The van der Waals surface area contributed by atoms with E-state index in [1.807, 2.05) is 0 Å². The van der Waals surface area contributed by atoms with Gasteiger partial charge in [0.05, 0.1) is 31.1 Å². The highest BCUT2D eigenvalue weighted by Gasteiger charge is 2.32. The molecule has 0 unspecified atom stereocenters. The normalized spacial score (nSPS) is 11.8. The predicted molar refractivity (Wildman–Crippen MR) is 95.7 cm³/mol. The smallest absolute Gasteiger partial charge is 0.465 e. The summed E-state index contributed by atoms with van der Waals surface area (Å²) in [7, 11) is 3.08. The van der Waals surface area contributed by atoms with Gasteiger partial charge in [-0.2, -0.15) is 5.10 Å². The maximum absolute atomic E-state index is 12.6. The molecule has 0 amide bonds. The van der Waals surface area contributed by atoms with Gasteiger partial charge >= 0.3 is 12.3 Å². The fraction of sp³-hybridized carbons (Fsp3) is 0.263. The summed E-state index contributed by atoms with van der Waals surface area (Å²) < 4.78 is 48.2. The van der Waals surface area contributed by atoms with Gasteiger partial charge in [-0.05, 0) is 31.3 Å². The molecule has 0 bridgehead atoms. The number of hydrogen-bond donors (Lipinski definition) is 0. The molecule has 2 aromatic carbocycles. The third kappa shape index (κ3) is 4.61. The Balaban J connectivity index is 1.75. The van der Waals surface area contributed by atoms with Crippen LogP contribution in [0.5, 0.6) is 5.75 Å². The Kier molecular flexibility index (Phi) is 5.55. The molecule has 0 N–H and O–H groups in total. The van der Waals surface area contributed by atoms with Crippen molar-refractivity contribution < 1.29 is 27.4 Å². The zero-order chi connectivity index (χ0) is 20.3. The summed E-state index contributed by atoms with van der Waals surface area (Å²) >= 11 is 0. The van der Waals surface area contributed by atoms with Crippen LogP contribution in [0.4, 0.5) is 13.2 Å². The van der Waals surface area contributed by atoms with Crippen LogP contribution in [0.25, 0.3) is 10.9 Å². The van der Waals surface area contributed by atoms with E-state index < -0.39 is 12.3 Å². The van der Waals surface area contributed by atoms with Gasteiger partial charge in [0.1, 0.15) is 5.75 Å². The fourth-order valence-corrected chi connectivity index (χ4v) is 2.87. The Morgan fingerprint density at radius 1 is 1.21 bits per heavy atom. The number of para-hydroxylation sites is 1. The molecule has 3 rings (SSSR count). The van der Waals surface area contributed by atoms with Crippen molar-refractivity contribution in [1.29, 1.82) is 0 Å². The van der Waals surface area contributed by atoms with Crippen molar-refractivity contribution in [2.75, 3.05) is 14.2 Å². The number of rotatable bonds is 6. The minimum absolute atomic E-state index is 0.227. The molecule has 0 spiro atoms. The first kappa shape index (κ1) is 19.7. The second-order valence-corrected chi connectivity index (χ2v) is 6.22. The van der Waals surface area contributed by atoms with E-state index >= 15 is 0 Å². The Labute approximate surface area is 159 Å². The number of halogens is 3. The van der Waals surface area contributed by atoms with E-state index in [2.05, 4.69) is 9.84 Å². The van der Waals surface area contributed by atoms with Crippen LogP contribution in [0.15, 0.2) is 48.7 Å². The molecule has 1 heterocycles. The molecule has 6 nitrogen and oxygen atoms in total. The second kappa shape index (κ2) is 7.89. The Bertz CT molecular complexity index is 985. The van der Waals surface area contributed by atoms with E-state index in [1.165, 1.54) is 19.2 Å². The Morgan fingerprint density at radius 2 is 1.96 bits per heavy atom. The molecular weight excluding hydrogens is 375 g/mol. The minimum Gasteiger partial charge on any atom is -0.465 e. The van der Waals surface area contributed by atoms with Crippen LogP contribution < -0.4 is 4.74 Å². The summed E-state index contributed by atoms with van der Waals surface area (Å²) in [5, 5.41) is 5.06. The van der Waals surface area contributed by atoms with E-state index in [0.717, 1.165) is 10.9 Å². The van der Waals surface area contributed by atoms with E-state index in [1.54, 1.807) is 53.2 Å². The largest absolute Gasteiger partial charge is 0.573 e. The maximum Gasteiger partial charge on any atom is 0.573 e. The van der Waals surface area contributed by atoms with Gasteiger partial charge in [0.25, 0.3) is 0 Å². The number of esters is 1. The van der Waals surface area contributed by atoms with Crippen LogP contribution in [0, 0.1) is 0 Å². The first-order valence-electron chi connectivity index (χ1n) is 8.33. The lowest BCUT2D eigenvalue weighted by Crippen LogP contribution is -2.24. The van der Waals surface area contributed by atoms with Gasteiger partial charge in [-0.25, -0.2) is 4.79 Å². The quantitative estimate of drug-likeness (QED) is 0.596. The molecule has 1 aromatic heterocycles. The van der Waals surface area contributed by atoms with E-state index in [4.69, 9.17) is 4.74 Å². The highest BCUT2D eigenvalue weighted by molar-refractivity contribution is 5.94. The zero-order valence-corrected chi connectivity index (χ0v) is 15.2. The average Bonchev–Trinajstić information content (AvgIpc) is 3.03. The van der Waals surface area contributed by atoms with Gasteiger partial charge in [0.2, 0.25) is 0 Å². The highest BCUT2D eigenvalue weighted by atomic mass is 19.4. The van der Waals surface area contributed by atoms with E-state index in [0.29, 0.717) is 17.8 Å². The summed E-state index contributed by atoms with van der Waals surface area (Å²) in [5.74, 6) is -0.664. The van der Waals surface area contributed by atoms with Crippen molar-refractivity contribution in [2.45, 2.75) is 19.6 Å². The molecule has 148 valence electrons. The van der Waals surface area contributed by atoms with Crippen LogP contribution >= 0.6 is 0 Å². The van der Waals surface area contributed by atoms with Gasteiger partial charge in [-0.3, -0.25) is 9.58 Å². The van der Waals surface area contributed by atoms with E-state index in [9.17, 15) is 18.0 Å². The number of alkyl halides is 3. The summed E-state index contributed by atoms with van der Waals surface area (Å²) in [5.41, 5.74) is 1.62. The van der Waals surface area contributed by atoms with Gasteiger partial charge in [-0.1, -0.05) is 18.2 Å². The third-order valence-corrected chi connectivity index (χ3v) is 4.08. The first-order valence-corrected chi connectivity index (χ1v) is 8.33. The number of hydrogen-bond acceptors (Lipinski definition) is 5. The van der Waals surface area contributed by atoms with Crippen molar-refractivity contribution in [1.82, 2.24) is 14.7 Å². The number of methoxy groups -OCH3 is 1. The molecule has 3 aromatic rings. The predicted octanol–water partition coefficient (Wildman–Crippen LogP) is 3.81. The molecule has 9 heteroatoms. The number of nitrogens with zero attached hydrogens (tertiary/aromatic N) is 3. The summed E-state index contributed by atoms with van der Waals surface area (Å²) in [6.07, 6.45) is -3.12. The van der Waals surface area contributed by atoms with Gasteiger partial charge in [-0.15, -0.1) is 13.2 Å². The second-order valence-electron chi connectivity index (χ2n) is 6.22. The Hall–Kier alpha value is -3.07. The van der Waals surface area contributed by atoms with Gasteiger partial charge < -0.3 is 9.47 Å². The standard InChI is InChI=1S/C19H18F3N3O3/c1-24(11-14-5-3-4-6-17(14)28-19(20,21)22)12-25-16-8-7-13(18(26)27-2)9-15(16)10-23-25/h3-10H,11-12H2,1-2H3. The first-order chi connectivity index (χ1) is 13.3. The molecular formula is C19H18F3N3O3. The monoisotopic (exact) mass is 393 g/mol. The number of ether oxygens (including phenoxy) is 2. The molecule has 0 aliphatic rings. The van der Waals surface area contributed by atoms with Crippen LogP contribution in [0.3, 0.4) is 0 Å². The topological polar surface area (TPSA) is 56.6 Å². The Morgan fingerprint density at radius 3 is 2.68 bits per heavy atom. The maximum atomic E-state index is 12.6. The number of carbonyl (C=O) groups excluding carboxylic acids is 1. The van der Waals surface area contributed by atoms with Crippen LogP contribution in [-0.2, 0) is 18.0 Å². The molecule has 0 fully saturated rings. The molecule has 28 heavy (non-hydrogen) atoms. The molecule has 0 aliphatic carbocycles. The summed E-state index contributed by atoms with van der Waals surface area (Å²) in [6.45, 7) is 0.565. The van der Waals surface area contributed by atoms with Crippen molar-refractivity contribution in [3.8, 4) is 5.75 Å². The van der Waals surface area contributed by atoms with Crippen molar-refractivity contribution in [3.63, 3.8) is 0 Å². The highest BCUT2D eigenvalue weighted by Crippen LogP contribution is 2.27. The number of aromatic nitrogens is 2. The SMILES string of the molecule is COC(=O)c1ccc2c(cnn2CN(C)Cc2ccccc2OC(F)(F)F)c1. The van der Waals surface area contributed by atoms with Crippen LogP contribution in [0.1, 0.15) is 15.9 Å². The molecule has 0 saturated carbocycles. The van der Waals surface area contributed by atoms with Gasteiger partial charge in [0.15, 0.2) is 0 Å². The number of benzene rings is 2. The lowest BCUT2D eigenvalue weighted by molar-refractivity contribution is -0.275. The van der Waals surface area contributed by atoms with Crippen molar-refractivity contribution in [3.05, 3.63) is 59.8 Å². The number of fused-ring (bicyclic) bond motifs is 1. The fourth-order valence-electron chi connectivity index (χ4n) is 2.87. The van der Waals surface area contributed by atoms with Crippen molar-refractivity contribution >= 4 is 16.9 Å². The van der Waals surface area contributed by atoms with Crippen molar-refractivity contribution in [2.24, 2.45) is 0 Å². The zero-order valence-electron chi connectivity index (χ0n) is 15.2. The molecule has 0 aliphatic heterocycles. The summed E-state index contributed by atoms with van der Waals surface area (Å²) in [6, 6.07) is 11.1. The molecule has 0 atom stereocenters. The summed E-state index contributed by atoms with van der Waals surface area (Å²) in [4.78, 5) is 13.4. The lowest BCUT2D eigenvalue weighted by Gasteiger charge is -2.20. The van der Waals surface area contributed by atoms with Crippen LogP contribution in [0.2, 0.25) is 0 Å².